The Morgan fingerprint density at radius 2 is 2.04 bits per heavy atom. The minimum Gasteiger partial charge on any atom is -0.493 e. The van der Waals surface area contributed by atoms with Gasteiger partial charge in [0.05, 0.1) is 20.3 Å². The molecule has 1 aromatic carbocycles. The molecule has 0 radical (unpaired) electrons. The largest absolute Gasteiger partial charge is 0.493 e. The summed E-state index contributed by atoms with van der Waals surface area (Å²) in [5, 5.41) is 2.11. The number of hydrogen-bond acceptors (Lipinski definition) is 4. The lowest BCUT2D eigenvalue weighted by atomic mass is 10.0. The molecular formula is C19H21NO3S. The van der Waals surface area contributed by atoms with Crippen LogP contribution in [0.4, 0.5) is 0 Å². The lowest BCUT2D eigenvalue weighted by Crippen LogP contribution is -2.37. The first-order valence-corrected chi connectivity index (χ1v) is 8.79. The lowest BCUT2D eigenvalue weighted by molar-refractivity contribution is -0.128. The molecule has 1 aliphatic rings. The van der Waals surface area contributed by atoms with Gasteiger partial charge >= 0.3 is 0 Å². The molecule has 1 amide bonds. The zero-order valence-corrected chi connectivity index (χ0v) is 14.9. The predicted molar refractivity (Wildman–Crippen MR) is 96.7 cm³/mol. The molecule has 2 aromatic rings. The molecule has 0 bridgehead atoms. The number of ether oxygens (including phenoxy) is 2. The quantitative estimate of drug-likeness (QED) is 0.790. The van der Waals surface area contributed by atoms with Crippen molar-refractivity contribution in [3.63, 3.8) is 0 Å². The summed E-state index contributed by atoms with van der Waals surface area (Å²) in [4.78, 5) is 15.9. The Kier molecular flexibility index (Phi) is 4.90. The molecule has 126 valence electrons. The molecule has 0 spiro atoms. The summed E-state index contributed by atoms with van der Waals surface area (Å²) < 4.78 is 10.5. The molecule has 1 aliphatic heterocycles. The number of thiophene rings is 1. The second kappa shape index (κ2) is 7.09. The van der Waals surface area contributed by atoms with E-state index in [1.165, 1.54) is 10.4 Å². The van der Waals surface area contributed by atoms with Gasteiger partial charge in [-0.3, -0.25) is 4.79 Å². The highest BCUT2D eigenvalue weighted by Gasteiger charge is 2.26. The minimum atomic E-state index is 0.0362. The molecule has 0 unspecified atom stereocenters. The van der Waals surface area contributed by atoms with Gasteiger partial charge < -0.3 is 14.4 Å². The number of carbonyl (C=O) groups is 1. The first kappa shape index (κ1) is 16.6. The maximum atomic E-state index is 12.6. The van der Waals surface area contributed by atoms with Gasteiger partial charge in [-0.05, 0) is 54.1 Å². The fourth-order valence-corrected chi connectivity index (χ4v) is 3.99. The first-order chi connectivity index (χ1) is 11.6. The van der Waals surface area contributed by atoms with Crippen molar-refractivity contribution in [2.45, 2.75) is 19.4 Å². The zero-order chi connectivity index (χ0) is 17.1. The molecule has 0 saturated heterocycles. The number of hydrogen-bond donors (Lipinski definition) is 0. The third-order valence-electron chi connectivity index (χ3n) is 4.39. The van der Waals surface area contributed by atoms with Crippen molar-refractivity contribution < 1.29 is 14.3 Å². The van der Waals surface area contributed by atoms with Crippen molar-refractivity contribution >= 4 is 23.3 Å². The predicted octanol–water partition coefficient (Wildman–Crippen LogP) is 3.92. The van der Waals surface area contributed by atoms with E-state index < -0.39 is 0 Å². The van der Waals surface area contributed by atoms with E-state index in [2.05, 4.69) is 18.4 Å². The number of nitrogens with zero attached hydrogens (tertiary/aromatic N) is 1. The molecular weight excluding hydrogens is 322 g/mol. The molecule has 0 saturated carbocycles. The summed E-state index contributed by atoms with van der Waals surface area (Å²) in [6.07, 6.45) is 4.39. The van der Waals surface area contributed by atoms with Crippen LogP contribution < -0.4 is 9.47 Å². The second-order valence-electron chi connectivity index (χ2n) is 5.70. The maximum Gasteiger partial charge on any atom is 0.247 e. The van der Waals surface area contributed by atoms with Crippen LogP contribution in [0.1, 0.15) is 29.0 Å². The standard InChI is InChI=1S/C19H21NO3S/c1-13-15-9-11-24-18(15)8-10-20(13)19(21)7-5-14-4-6-16(22-2)17(12-14)23-3/h4-7,9,11-13H,8,10H2,1-3H3/b7-5+/t13-/m0/s1. The van der Waals surface area contributed by atoms with Gasteiger partial charge in [0, 0.05) is 17.5 Å². The van der Waals surface area contributed by atoms with E-state index in [0.717, 1.165) is 18.5 Å². The Morgan fingerprint density at radius 3 is 2.79 bits per heavy atom. The second-order valence-corrected chi connectivity index (χ2v) is 6.71. The van der Waals surface area contributed by atoms with Gasteiger partial charge in [-0.2, -0.15) is 0 Å². The van der Waals surface area contributed by atoms with Crippen LogP contribution in [0.5, 0.6) is 11.5 Å². The van der Waals surface area contributed by atoms with Crippen molar-refractivity contribution in [1.82, 2.24) is 4.90 Å². The number of benzene rings is 1. The molecule has 2 heterocycles. The van der Waals surface area contributed by atoms with Crippen molar-refractivity contribution in [2.24, 2.45) is 0 Å². The molecule has 0 aliphatic carbocycles. The zero-order valence-electron chi connectivity index (χ0n) is 14.1. The van der Waals surface area contributed by atoms with E-state index in [9.17, 15) is 4.79 Å². The van der Waals surface area contributed by atoms with Crippen LogP contribution in [-0.4, -0.2) is 31.6 Å². The van der Waals surface area contributed by atoms with Crippen LogP contribution in [0.2, 0.25) is 0 Å². The van der Waals surface area contributed by atoms with Crippen molar-refractivity contribution in [1.29, 1.82) is 0 Å². The highest BCUT2D eigenvalue weighted by Crippen LogP contribution is 2.33. The number of amides is 1. The SMILES string of the molecule is COc1ccc(/C=C/C(=O)N2CCc3sccc3[C@@H]2C)cc1OC. The number of fused-ring (bicyclic) bond motifs is 1. The smallest absolute Gasteiger partial charge is 0.247 e. The van der Waals surface area contributed by atoms with Crippen LogP contribution in [0.3, 0.4) is 0 Å². The molecule has 4 nitrogen and oxygen atoms in total. The van der Waals surface area contributed by atoms with Crippen molar-refractivity contribution in [2.75, 3.05) is 20.8 Å². The Labute approximate surface area is 146 Å². The fourth-order valence-electron chi connectivity index (χ4n) is 3.03. The summed E-state index contributed by atoms with van der Waals surface area (Å²) in [6.45, 7) is 2.86. The van der Waals surface area contributed by atoms with Gasteiger partial charge in [0.25, 0.3) is 0 Å². The van der Waals surface area contributed by atoms with E-state index in [0.29, 0.717) is 11.5 Å². The molecule has 24 heavy (non-hydrogen) atoms. The van der Waals surface area contributed by atoms with Crippen LogP contribution in [0.25, 0.3) is 6.08 Å². The lowest BCUT2D eigenvalue weighted by Gasteiger charge is -2.32. The number of methoxy groups -OCH3 is 2. The van der Waals surface area contributed by atoms with Gasteiger partial charge in [0.2, 0.25) is 5.91 Å². The average Bonchev–Trinajstić information content (AvgIpc) is 3.09. The van der Waals surface area contributed by atoms with E-state index in [1.54, 1.807) is 31.6 Å². The molecule has 1 atom stereocenters. The van der Waals surface area contributed by atoms with Gasteiger partial charge in [-0.1, -0.05) is 6.07 Å². The minimum absolute atomic E-state index is 0.0362. The van der Waals surface area contributed by atoms with Crippen LogP contribution in [-0.2, 0) is 11.2 Å². The summed E-state index contributed by atoms with van der Waals surface area (Å²) >= 11 is 1.78. The van der Waals surface area contributed by atoms with Gasteiger partial charge in [0.15, 0.2) is 11.5 Å². The topological polar surface area (TPSA) is 38.8 Å². The first-order valence-electron chi connectivity index (χ1n) is 7.91. The van der Waals surface area contributed by atoms with Gasteiger partial charge in [-0.25, -0.2) is 0 Å². The molecule has 0 N–H and O–H groups in total. The van der Waals surface area contributed by atoms with Crippen molar-refractivity contribution in [3.8, 4) is 11.5 Å². The molecule has 3 rings (SSSR count). The average molecular weight is 343 g/mol. The summed E-state index contributed by atoms with van der Waals surface area (Å²) in [5.41, 5.74) is 2.18. The number of rotatable bonds is 4. The Hall–Kier alpha value is -2.27. The molecule has 0 fully saturated rings. The summed E-state index contributed by atoms with van der Waals surface area (Å²) in [5.74, 6) is 1.37. The van der Waals surface area contributed by atoms with E-state index in [4.69, 9.17) is 9.47 Å². The highest BCUT2D eigenvalue weighted by molar-refractivity contribution is 7.10. The third kappa shape index (κ3) is 3.17. The molecule has 5 heteroatoms. The van der Waals surface area contributed by atoms with Crippen molar-refractivity contribution in [3.05, 3.63) is 51.7 Å². The monoisotopic (exact) mass is 343 g/mol. The fraction of sp³-hybridized carbons (Fsp3) is 0.316. The van der Waals surface area contributed by atoms with Crippen LogP contribution in [0.15, 0.2) is 35.7 Å². The van der Waals surface area contributed by atoms with Gasteiger partial charge in [-0.15, -0.1) is 11.3 Å². The van der Waals surface area contributed by atoms with E-state index in [1.807, 2.05) is 29.2 Å². The van der Waals surface area contributed by atoms with Crippen LogP contribution >= 0.6 is 11.3 Å². The number of carbonyl (C=O) groups excluding carboxylic acids is 1. The Bertz CT molecular complexity index is 766. The van der Waals surface area contributed by atoms with Gasteiger partial charge in [0.1, 0.15) is 0 Å². The third-order valence-corrected chi connectivity index (χ3v) is 5.38. The highest BCUT2D eigenvalue weighted by atomic mass is 32.1. The Morgan fingerprint density at radius 1 is 1.25 bits per heavy atom. The summed E-state index contributed by atoms with van der Waals surface area (Å²) in [6, 6.07) is 7.86. The molecule has 1 aromatic heterocycles. The Balaban J connectivity index is 1.74. The van der Waals surface area contributed by atoms with E-state index in [-0.39, 0.29) is 11.9 Å². The van der Waals surface area contributed by atoms with Crippen LogP contribution in [0, 0.1) is 0 Å². The summed E-state index contributed by atoms with van der Waals surface area (Å²) in [7, 11) is 3.21. The maximum absolute atomic E-state index is 12.6. The normalized spacial score (nSPS) is 17.0. The van der Waals surface area contributed by atoms with E-state index >= 15 is 0 Å².